The number of carbonyl (C=O) groups is 1. The Morgan fingerprint density at radius 2 is 2.31 bits per heavy atom. The maximum Gasteiger partial charge on any atom is 0.251 e. The molecule has 0 saturated carbocycles. The summed E-state index contributed by atoms with van der Waals surface area (Å²) in [5, 5.41) is 2.69. The molecule has 0 aromatic heterocycles. The van der Waals surface area contributed by atoms with Crippen molar-refractivity contribution in [3.8, 4) is 0 Å². The lowest BCUT2D eigenvalue weighted by Gasteiger charge is -2.01. The second-order valence-corrected chi connectivity index (χ2v) is 2.36. The van der Waals surface area contributed by atoms with E-state index in [-0.39, 0.29) is 5.91 Å². The van der Waals surface area contributed by atoms with Crippen LogP contribution < -0.4 is 11.1 Å². The van der Waals surface area contributed by atoms with Crippen LogP contribution in [0.15, 0.2) is 36.5 Å². The number of hydrogen-bond acceptors (Lipinski definition) is 2. The molecule has 0 bridgehead atoms. The van der Waals surface area contributed by atoms with Gasteiger partial charge in [0.25, 0.3) is 5.91 Å². The summed E-state index contributed by atoms with van der Waals surface area (Å²) in [6.45, 7) is 6.44. The van der Waals surface area contributed by atoms with Crippen molar-refractivity contribution >= 4 is 5.91 Å². The Morgan fingerprint density at radius 1 is 1.62 bits per heavy atom. The number of rotatable bonds is 5. The molecule has 0 aliphatic rings. The van der Waals surface area contributed by atoms with Crippen LogP contribution in [0.5, 0.6) is 0 Å². The lowest BCUT2D eigenvalue weighted by atomic mass is 10.2. The fraction of sp³-hybridized carbons (Fsp3) is 0.300. The lowest BCUT2D eigenvalue weighted by Crippen LogP contribution is -2.23. The molecule has 0 heterocycles. The number of carbonyl (C=O) groups excluding carboxylic acids is 1. The summed E-state index contributed by atoms with van der Waals surface area (Å²) < 4.78 is 0. The van der Waals surface area contributed by atoms with Gasteiger partial charge in [0.2, 0.25) is 0 Å². The monoisotopic (exact) mass is 180 g/mol. The first-order valence-electron chi connectivity index (χ1n) is 4.23. The highest BCUT2D eigenvalue weighted by molar-refractivity contribution is 5.96. The fourth-order valence-electron chi connectivity index (χ4n) is 0.792. The molecular formula is C10H16N2O. The van der Waals surface area contributed by atoms with Crippen LogP contribution in [-0.2, 0) is 4.79 Å². The molecule has 0 aromatic carbocycles. The minimum absolute atomic E-state index is 0.105. The average molecular weight is 180 g/mol. The molecule has 13 heavy (non-hydrogen) atoms. The molecule has 0 unspecified atom stereocenters. The molecule has 0 fully saturated rings. The van der Waals surface area contributed by atoms with Gasteiger partial charge in [0, 0.05) is 18.7 Å². The zero-order valence-corrected chi connectivity index (χ0v) is 7.92. The van der Waals surface area contributed by atoms with Crippen molar-refractivity contribution in [3.63, 3.8) is 0 Å². The number of likely N-dealkylation sites (N-methyl/N-ethyl adjacent to an activating group) is 1. The van der Waals surface area contributed by atoms with E-state index in [9.17, 15) is 4.79 Å². The Balaban J connectivity index is 4.42. The van der Waals surface area contributed by atoms with Crippen LogP contribution in [0.3, 0.4) is 0 Å². The van der Waals surface area contributed by atoms with Gasteiger partial charge in [0.05, 0.1) is 0 Å². The van der Waals surface area contributed by atoms with Crippen molar-refractivity contribution in [2.45, 2.75) is 6.92 Å². The number of nitrogens with one attached hydrogen (secondary N) is 1. The third kappa shape index (κ3) is 4.98. The Kier molecular flexibility index (Phi) is 6.55. The van der Waals surface area contributed by atoms with Gasteiger partial charge in [-0.25, -0.2) is 0 Å². The van der Waals surface area contributed by atoms with Gasteiger partial charge >= 0.3 is 0 Å². The molecule has 1 amide bonds. The molecule has 0 aromatic rings. The summed E-state index contributed by atoms with van der Waals surface area (Å²) in [7, 11) is 0. The smallest absolute Gasteiger partial charge is 0.251 e. The van der Waals surface area contributed by atoms with Crippen molar-refractivity contribution in [1.29, 1.82) is 0 Å². The number of hydrogen-bond donors (Lipinski definition) is 2. The van der Waals surface area contributed by atoms with E-state index in [1.54, 1.807) is 24.3 Å². The molecule has 3 heteroatoms. The highest BCUT2D eigenvalue weighted by Crippen LogP contribution is 1.97. The minimum atomic E-state index is -0.105. The van der Waals surface area contributed by atoms with Gasteiger partial charge in [-0.1, -0.05) is 30.9 Å². The van der Waals surface area contributed by atoms with E-state index in [0.717, 1.165) is 0 Å². The lowest BCUT2D eigenvalue weighted by molar-refractivity contribution is -0.117. The summed E-state index contributed by atoms with van der Waals surface area (Å²) in [5.41, 5.74) is 5.85. The van der Waals surface area contributed by atoms with Crippen molar-refractivity contribution in [3.05, 3.63) is 36.5 Å². The predicted octanol–water partition coefficient (Wildman–Crippen LogP) is 0.750. The van der Waals surface area contributed by atoms with Crippen LogP contribution in [0.25, 0.3) is 0 Å². The molecule has 0 aliphatic carbocycles. The predicted molar refractivity (Wildman–Crippen MR) is 55.2 cm³/mol. The van der Waals surface area contributed by atoms with Crippen molar-refractivity contribution < 1.29 is 4.79 Å². The van der Waals surface area contributed by atoms with E-state index in [1.165, 1.54) is 0 Å². The molecule has 0 aliphatic heterocycles. The largest absolute Gasteiger partial charge is 0.352 e. The average Bonchev–Trinajstić information content (AvgIpc) is 2.12. The van der Waals surface area contributed by atoms with E-state index in [4.69, 9.17) is 5.73 Å². The zero-order chi connectivity index (χ0) is 10.1. The normalized spacial score (nSPS) is 11.7. The first-order valence-corrected chi connectivity index (χ1v) is 4.23. The summed E-state index contributed by atoms with van der Waals surface area (Å²) in [6, 6.07) is 0. The number of amides is 1. The van der Waals surface area contributed by atoms with Crippen LogP contribution >= 0.6 is 0 Å². The van der Waals surface area contributed by atoms with Gasteiger partial charge < -0.3 is 11.1 Å². The molecule has 3 nitrogen and oxygen atoms in total. The maximum atomic E-state index is 11.3. The highest BCUT2D eigenvalue weighted by Gasteiger charge is 2.01. The van der Waals surface area contributed by atoms with Gasteiger partial charge in [-0.3, -0.25) is 4.79 Å². The van der Waals surface area contributed by atoms with Crippen LogP contribution in [-0.4, -0.2) is 19.0 Å². The third-order valence-corrected chi connectivity index (χ3v) is 1.33. The van der Waals surface area contributed by atoms with Gasteiger partial charge in [-0.05, 0) is 6.92 Å². The molecule has 72 valence electrons. The number of allylic oxidation sites excluding steroid dienone is 2. The van der Waals surface area contributed by atoms with E-state index in [0.29, 0.717) is 18.7 Å². The summed E-state index contributed by atoms with van der Waals surface area (Å²) in [4.78, 5) is 11.3. The van der Waals surface area contributed by atoms with Crippen LogP contribution in [0.1, 0.15) is 6.92 Å². The van der Waals surface area contributed by atoms with Crippen molar-refractivity contribution in [1.82, 2.24) is 5.32 Å². The summed E-state index contributed by atoms with van der Waals surface area (Å²) in [5.74, 6) is -0.105. The second kappa shape index (κ2) is 7.31. The SMILES string of the molecule is C=C/C=C(\C=C/CN)C(=O)NCC. The first-order chi connectivity index (χ1) is 6.26. The quantitative estimate of drug-likeness (QED) is 0.484. The highest BCUT2D eigenvalue weighted by atomic mass is 16.1. The van der Waals surface area contributed by atoms with Gasteiger partial charge in [-0.15, -0.1) is 0 Å². The van der Waals surface area contributed by atoms with Crippen molar-refractivity contribution in [2.24, 2.45) is 5.73 Å². The van der Waals surface area contributed by atoms with Gasteiger partial charge in [0.15, 0.2) is 0 Å². The summed E-state index contributed by atoms with van der Waals surface area (Å²) >= 11 is 0. The fourth-order valence-corrected chi connectivity index (χ4v) is 0.792. The van der Waals surface area contributed by atoms with Crippen LogP contribution in [0.4, 0.5) is 0 Å². The Labute approximate surface area is 79.0 Å². The molecular weight excluding hydrogens is 164 g/mol. The third-order valence-electron chi connectivity index (χ3n) is 1.33. The van der Waals surface area contributed by atoms with Crippen LogP contribution in [0.2, 0.25) is 0 Å². The van der Waals surface area contributed by atoms with E-state index in [1.807, 2.05) is 6.92 Å². The number of nitrogens with two attached hydrogens (primary N) is 1. The van der Waals surface area contributed by atoms with Crippen LogP contribution in [0, 0.1) is 0 Å². The van der Waals surface area contributed by atoms with Crippen molar-refractivity contribution in [2.75, 3.05) is 13.1 Å². The standard InChI is InChI=1S/C10H16N2O/c1-3-6-9(7-5-8-11)10(13)12-4-2/h3,5-7H,1,4,8,11H2,2H3,(H,12,13)/b7-5-,9-6+. The minimum Gasteiger partial charge on any atom is -0.352 e. The maximum absolute atomic E-state index is 11.3. The molecule has 0 radical (unpaired) electrons. The molecule has 0 saturated heterocycles. The first kappa shape index (κ1) is 11.6. The van der Waals surface area contributed by atoms with Gasteiger partial charge in [-0.2, -0.15) is 0 Å². The molecule has 0 rings (SSSR count). The van der Waals surface area contributed by atoms with E-state index < -0.39 is 0 Å². The van der Waals surface area contributed by atoms with Gasteiger partial charge in [0.1, 0.15) is 0 Å². The zero-order valence-electron chi connectivity index (χ0n) is 7.92. The Hall–Kier alpha value is -1.35. The topological polar surface area (TPSA) is 55.1 Å². The van der Waals surface area contributed by atoms with E-state index in [2.05, 4.69) is 11.9 Å². The summed E-state index contributed by atoms with van der Waals surface area (Å²) in [6.07, 6.45) is 6.64. The Morgan fingerprint density at radius 3 is 2.77 bits per heavy atom. The molecule has 0 atom stereocenters. The van der Waals surface area contributed by atoms with E-state index >= 15 is 0 Å². The molecule has 0 spiro atoms. The molecule has 3 N–H and O–H groups in total. The second-order valence-electron chi connectivity index (χ2n) is 2.36. The Bertz CT molecular complexity index is 229.